The molecule has 0 radical (unpaired) electrons. The Hall–Kier alpha value is -1.42. The van der Waals surface area contributed by atoms with E-state index in [2.05, 4.69) is 29.2 Å². The molecule has 98 valence electrons. The average molecular weight is 312 g/mol. The number of hydrogen-bond donors (Lipinski definition) is 0. The zero-order valence-corrected chi connectivity index (χ0v) is 12.4. The number of aryl methyl sites for hydroxylation is 1. The van der Waals surface area contributed by atoms with Crippen LogP contribution in [0.2, 0.25) is 0 Å². The van der Waals surface area contributed by atoms with E-state index in [1.165, 1.54) is 10.4 Å². The average Bonchev–Trinajstić information content (AvgIpc) is 2.99. The van der Waals surface area contributed by atoms with Crippen LogP contribution in [-0.4, -0.2) is 9.97 Å². The molecule has 19 heavy (non-hydrogen) atoms. The molecule has 3 aromatic rings. The van der Waals surface area contributed by atoms with Crippen molar-refractivity contribution in [3.8, 4) is 21.2 Å². The van der Waals surface area contributed by atoms with E-state index in [4.69, 9.17) is 4.42 Å². The van der Waals surface area contributed by atoms with Crippen LogP contribution in [0.15, 0.2) is 41.3 Å². The molecule has 0 amide bonds. The van der Waals surface area contributed by atoms with Gasteiger partial charge in [0.05, 0.1) is 11.1 Å². The molecule has 0 bridgehead atoms. The van der Waals surface area contributed by atoms with Gasteiger partial charge in [0.25, 0.3) is 0 Å². The van der Waals surface area contributed by atoms with Gasteiger partial charge in [-0.05, 0) is 18.6 Å². The Kier molecular flexibility index (Phi) is 5.48. The van der Waals surface area contributed by atoms with Crippen LogP contribution in [-0.2, 0) is 17.1 Å². The van der Waals surface area contributed by atoms with Crippen LogP contribution in [0.3, 0.4) is 0 Å². The SMILES string of the molecule is Cc1cc(-c2ncco2)sc1-c1cc[c-]nc1.[CH3-].[Fe+2]. The largest absolute Gasteiger partial charge is 2.00 e. The fourth-order valence-corrected chi connectivity index (χ4v) is 2.78. The molecule has 0 saturated heterocycles. The molecule has 0 saturated carbocycles. The number of aromatic nitrogens is 2. The summed E-state index contributed by atoms with van der Waals surface area (Å²) in [6.45, 7) is 2.08. The zero-order chi connectivity index (χ0) is 11.7. The van der Waals surface area contributed by atoms with Crippen molar-refractivity contribution in [2.75, 3.05) is 0 Å². The van der Waals surface area contributed by atoms with Gasteiger partial charge in [-0.1, -0.05) is 12.4 Å². The number of thiophene rings is 1. The first kappa shape index (κ1) is 15.6. The van der Waals surface area contributed by atoms with E-state index >= 15 is 0 Å². The summed E-state index contributed by atoms with van der Waals surface area (Å²) in [6, 6.07) is 5.91. The van der Waals surface area contributed by atoms with Crippen LogP contribution in [0.5, 0.6) is 0 Å². The Morgan fingerprint density at radius 3 is 2.84 bits per heavy atom. The van der Waals surface area contributed by atoms with Gasteiger partial charge in [0.2, 0.25) is 5.89 Å². The maximum absolute atomic E-state index is 5.30. The molecule has 3 nitrogen and oxygen atoms in total. The summed E-state index contributed by atoms with van der Waals surface area (Å²) in [5.74, 6) is 0.666. The van der Waals surface area contributed by atoms with Gasteiger partial charge in [0.15, 0.2) is 0 Å². The predicted octanol–water partition coefficient (Wildman–Crippen LogP) is 4.02. The van der Waals surface area contributed by atoms with E-state index < -0.39 is 0 Å². The van der Waals surface area contributed by atoms with Gasteiger partial charge < -0.3 is 16.8 Å². The van der Waals surface area contributed by atoms with Crippen molar-refractivity contribution in [3.05, 3.63) is 56.0 Å². The number of hydrogen-bond acceptors (Lipinski definition) is 4. The van der Waals surface area contributed by atoms with Crippen molar-refractivity contribution in [2.24, 2.45) is 0 Å². The monoisotopic (exact) mass is 312 g/mol. The van der Waals surface area contributed by atoms with Crippen molar-refractivity contribution in [2.45, 2.75) is 6.92 Å². The summed E-state index contributed by atoms with van der Waals surface area (Å²) < 4.78 is 5.30. The molecular weight excluding hydrogens is 300 g/mol. The Balaban J connectivity index is 0.000000902. The first-order chi connectivity index (χ1) is 8.34. The van der Waals surface area contributed by atoms with Crippen LogP contribution in [0.25, 0.3) is 21.2 Å². The Bertz CT molecular complexity index is 620. The van der Waals surface area contributed by atoms with Crippen molar-refractivity contribution in [3.63, 3.8) is 0 Å². The summed E-state index contributed by atoms with van der Waals surface area (Å²) >= 11 is 1.66. The molecule has 0 aliphatic carbocycles. The summed E-state index contributed by atoms with van der Waals surface area (Å²) in [4.78, 5) is 10.4. The van der Waals surface area contributed by atoms with Gasteiger partial charge in [0, 0.05) is 4.88 Å². The Morgan fingerprint density at radius 1 is 1.37 bits per heavy atom. The van der Waals surface area contributed by atoms with Crippen molar-refractivity contribution < 1.29 is 21.5 Å². The van der Waals surface area contributed by atoms with Gasteiger partial charge >= 0.3 is 17.1 Å². The molecule has 3 heterocycles. The van der Waals surface area contributed by atoms with Crippen molar-refractivity contribution >= 4 is 11.3 Å². The van der Waals surface area contributed by atoms with Gasteiger partial charge in [-0.2, -0.15) is 12.1 Å². The number of oxazole rings is 1. The second-order valence-corrected chi connectivity index (χ2v) is 4.69. The van der Waals surface area contributed by atoms with Crippen LogP contribution in [0.1, 0.15) is 5.56 Å². The van der Waals surface area contributed by atoms with E-state index in [0.29, 0.717) is 5.89 Å². The Morgan fingerprint density at radius 2 is 2.21 bits per heavy atom. The van der Waals surface area contributed by atoms with Crippen molar-refractivity contribution in [1.29, 1.82) is 0 Å². The zero-order valence-electron chi connectivity index (χ0n) is 10.5. The maximum Gasteiger partial charge on any atom is 2.00 e. The molecule has 0 aromatic carbocycles. The third-order valence-corrected chi connectivity index (χ3v) is 3.71. The summed E-state index contributed by atoms with van der Waals surface area (Å²) in [5.41, 5.74) is 2.31. The number of rotatable bonds is 2. The number of nitrogens with zero attached hydrogens (tertiary/aromatic N) is 2. The molecule has 0 aliphatic heterocycles. The van der Waals surface area contributed by atoms with E-state index in [1.807, 2.05) is 18.3 Å². The molecule has 0 atom stereocenters. The molecule has 3 aromatic heterocycles. The van der Waals surface area contributed by atoms with Gasteiger partial charge in [-0.15, -0.1) is 16.9 Å². The second kappa shape index (κ2) is 6.66. The first-order valence-corrected chi connectivity index (χ1v) is 5.99. The molecular formula is C14H12FeN2OS. The molecule has 0 aliphatic rings. The normalized spacial score (nSPS) is 9.53. The topological polar surface area (TPSA) is 38.9 Å². The minimum absolute atomic E-state index is 0. The quantitative estimate of drug-likeness (QED) is 0.530. The fourth-order valence-electron chi connectivity index (χ4n) is 1.67. The molecule has 0 fully saturated rings. The van der Waals surface area contributed by atoms with Crippen LogP contribution >= 0.6 is 11.3 Å². The summed E-state index contributed by atoms with van der Waals surface area (Å²) in [5, 5.41) is 0. The molecule has 3 rings (SSSR count). The molecule has 0 N–H and O–H groups in total. The molecule has 5 heteroatoms. The standard InChI is InChI=1S/C13H9N2OS.CH3.Fe/c1-9-7-11(13-15-5-6-16-13)17-12(9)10-3-2-4-14-8-10;;/h2-3,5-8H,1H3;1H3;/q2*-1;+2. The van der Waals surface area contributed by atoms with Gasteiger partial charge in [-0.25, -0.2) is 4.98 Å². The summed E-state index contributed by atoms with van der Waals surface area (Å²) in [6.07, 6.45) is 7.84. The predicted molar refractivity (Wildman–Crippen MR) is 73.0 cm³/mol. The van der Waals surface area contributed by atoms with E-state index in [1.54, 1.807) is 23.8 Å². The second-order valence-electron chi connectivity index (χ2n) is 3.64. The maximum atomic E-state index is 5.30. The fraction of sp³-hybridized carbons (Fsp3) is 0.0714. The van der Waals surface area contributed by atoms with Crippen molar-refractivity contribution in [1.82, 2.24) is 9.97 Å². The molecule has 0 spiro atoms. The molecule has 0 unspecified atom stereocenters. The Labute approximate surface area is 127 Å². The van der Waals surface area contributed by atoms with Crippen LogP contribution in [0.4, 0.5) is 0 Å². The van der Waals surface area contributed by atoms with Crippen LogP contribution < -0.4 is 0 Å². The van der Waals surface area contributed by atoms with E-state index in [-0.39, 0.29) is 24.5 Å². The third kappa shape index (κ3) is 3.13. The van der Waals surface area contributed by atoms with E-state index in [9.17, 15) is 0 Å². The van der Waals surface area contributed by atoms with Gasteiger partial charge in [-0.3, -0.25) is 0 Å². The minimum Gasteiger partial charge on any atom is -0.444 e. The minimum atomic E-state index is 0. The van der Waals surface area contributed by atoms with Gasteiger partial charge in [0.1, 0.15) is 6.26 Å². The first-order valence-electron chi connectivity index (χ1n) is 5.17. The van der Waals surface area contributed by atoms with E-state index in [0.717, 1.165) is 10.4 Å². The van der Waals surface area contributed by atoms with Crippen LogP contribution in [0, 0.1) is 20.5 Å². The smallest absolute Gasteiger partial charge is 0.444 e. The third-order valence-electron chi connectivity index (χ3n) is 2.44. The summed E-state index contributed by atoms with van der Waals surface area (Å²) in [7, 11) is 0. The number of pyridine rings is 1.